The summed E-state index contributed by atoms with van der Waals surface area (Å²) in [6, 6.07) is 3.69. The molecule has 0 spiro atoms. The smallest absolute Gasteiger partial charge is 0.130 e. The van der Waals surface area contributed by atoms with E-state index in [1.807, 2.05) is 18.2 Å². The van der Waals surface area contributed by atoms with Crippen LogP contribution in [0.15, 0.2) is 60.2 Å². The van der Waals surface area contributed by atoms with Crippen LogP contribution in [-0.4, -0.2) is 4.98 Å². The summed E-state index contributed by atoms with van der Waals surface area (Å²) in [4.78, 5) is 3.94. The second-order valence-electron chi connectivity index (χ2n) is 3.41. The number of nitrogens with zero attached hydrogens (tertiary/aromatic N) is 1. The zero-order valence-electron chi connectivity index (χ0n) is 8.68. The van der Waals surface area contributed by atoms with Gasteiger partial charge in [-0.15, -0.1) is 0 Å². The predicted octanol–water partition coefficient (Wildman–Crippen LogP) is 3.25. The van der Waals surface area contributed by atoms with Gasteiger partial charge >= 0.3 is 0 Å². The number of hydrogen-bond donors (Lipinski definition) is 0. The van der Waals surface area contributed by atoms with Crippen LogP contribution in [0.4, 0.5) is 0 Å². The van der Waals surface area contributed by atoms with Gasteiger partial charge in [0.2, 0.25) is 0 Å². The van der Waals surface area contributed by atoms with E-state index in [2.05, 4.69) is 30.1 Å². The quantitative estimate of drug-likeness (QED) is 0.729. The first-order chi connectivity index (χ1) is 7.34. The highest BCUT2D eigenvalue weighted by Gasteiger charge is 1.98. The molecule has 0 aliphatic heterocycles. The third-order valence-corrected chi connectivity index (χ3v) is 2.15. The van der Waals surface area contributed by atoms with Gasteiger partial charge in [0.25, 0.3) is 0 Å². The third kappa shape index (κ3) is 2.81. The van der Waals surface area contributed by atoms with Crippen LogP contribution in [0.25, 0.3) is 0 Å². The zero-order chi connectivity index (χ0) is 10.5. The first kappa shape index (κ1) is 9.71. The highest BCUT2D eigenvalue weighted by molar-refractivity contribution is 5.31. The third-order valence-electron chi connectivity index (χ3n) is 2.15. The molecular formula is C13H13NO. The largest absolute Gasteiger partial charge is 0.458 e. The molecule has 2 nitrogen and oxygen atoms in total. The molecule has 1 aliphatic carbocycles. The molecule has 76 valence electrons. The van der Waals surface area contributed by atoms with Crippen LogP contribution in [0.2, 0.25) is 0 Å². The first-order valence-corrected chi connectivity index (χ1v) is 4.97. The molecule has 0 amide bonds. The Kier molecular flexibility index (Phi) is 2.98. The van der Waals surface area contributed by atoms with E-state index in [4.69, 9.17) is 4.74 Å². The molecule has 1 aromatic heterocycles. The Morgan fingerprint density at radius 3 is 2.73 bits per heavy atom. The van der Waals surface area contributed by atoms with Crippen LogP contribution < -0.4 is 4.74 Å². The number of hydrogen-bond acceptors (Lipinski definition) is 2. The molecule has 15 heavy (non-hydrogen) atoms. The van der Waals surface area contributed by atoms with Crippen molar-refractivity contribution in [2.24, 2.45) is 0 Å². The lowest BCUT2D eigenvalue weighted by molar-refractivity contribution is 0.442. The predicted molar refractivity (Wildman–Crippen MR) is 60.5 cm³/mol. The van der Waals surface area contributed by atoms with Gasteiger partial charge in [0.1, 0.15) is 11.5 Å². The van der Waals surface area contributed by atoms with Crippen molar-refractivity contribution >= 4 is 0 Å². The van der Waals surface area contributed by atoms with E-state index in [9.17, 15) is 0 Å². The lowest BCUT2D eigenvalue weighted by atomic mass is 10.2. The van der Waals surface area contributed by atoms with Gasteiger partial charge in [-0.05, 0) is 37.6 Å². The van der Waals surface area contributed by atoms with Gasteiger partial charge in [-0.2, -0.15) is 0 Å². The van der Waals surface area contributed by atoms with E-state index in [1.54, 1.807) is 12.4 Å². The summed E-state index contributed by atoms with van der Waals surface area (Å²) in [5.74, 6) is 1.70. The molecule has 0 aromatic carbocycles. The summed E-state index contributed by atoms with van der Waals surface area (Å²) in [6.07, 6.45) is 12.6. The van der Waals surface area contributed by atoms with Crippen LogP contribution in [0, 0.1) is 0 Å². The van der Waals surface area contributed by atoms with Crippen molar-refractivity contribution in [2.75, 3.05) is 0 Å². The Hall–Kier alpha value is -1.83. The van der Waals surface area contributed by atoms with Crippen molar-refractivity contribution in [2.45, 2.75) is 13.3 Å². The fourth-order valence-electron chi connectivity index (χ4n) is 1.33. The topological polar surface area (TPSA) is 22.1 Å². The fourth-order valence-corrected chi connectivity index (χ4v) is 1.33. The lowest BCUT2D eigenvalue weighted by Crippen LogP contribution is -1.91. The summed E-state index contributed by atoms with van der Waals surface area (Å²) in [5.41, 5.74) is 1.26. The number of aromatic nitrogens is 1. The minimum absolute atomic E-state index is 0.820. The molecule has 2 rings (SSSR count). The molecule has 0 fully saturated rings. The molecule has 0 bridgehead atoms. The molecule has 0 saturated heterocycles. The van der Waals surface area contributed by atoms with Crippen LogP contribution >= 0.6 is 0 Å². The molecule has 1 aromatic rings. The van der Waals surface area contributed by atoms with Crippen molar-refractivity contribution in [3.05, 3.63) is 60.2 Å². The minimum atomic E-state index is 0.820. The second-order valence-corrected chi connectivity index (χ2v) is 3.41. The van der Waals surface area contributed by atoms with E-state index in [0.717, 1.165) is 17.9 Å². The van der Waals surface area contributed by atoms with Crippen molar-refractivity contribution in [1.29, 1.82) is 0 Å². The Morgan fingerprint density at radius 1 is 1.13 bits per heavy atom. The highest BCUT2D eigenvalue weighted by atomic mass is 16.5. The maximum Gasteiger partial charge on any atom is 0.130 e. The van der Waals surface area contributed by atoms with E-state index in [1.165, 1.54) is 5.57 Å². The van der Waals surface area contributed by atoms with E-state index in [-0.39, 0.29) is 0 Å². The van der Waals surface area contributed by atoms with Crippen molar-refractivity contribution < 1.29 is 4.74 Å². The molecule has 0 unspecified atom stereocenters. The van der Waals surface area contributed by atoms with E-state index in [0.29, 0.717) is 0 Å². The van der Waals surface area contributed by atoms with Gasteiger partial charge in [0, 0.05) is 12.4 Å². The molecule has 0 saturated carbocycles. The van der Waals surface area contributed by atoms with Gasteiger partial charge in [-0.1, -0.05) is 17.7 Å². The molecule has 0 N–H and O–H groups in total. The van der Waals surface area contributed by atoms with Gasteiger partial charge in [0.05, 0.1) is 0 Å². The standard InChI is InChI=1S/C13H13NO/c1-11-3-2-4-12(6-5-11)15-13-7-9-14-10-8-13/h3-10H,2H2,1H3. The Bertz CT molecular complexity index is 415. The minimum Gasteiger partial charge on any atom is -0.458 e. The van der Waals surface area contributed by atoms with Crippen LogP contribution in [0.3, 0.4) is 0 Å². The van der Waals surface area contributed by atoms with E-state index < -0.39 is 0 Å². The fraction of sp³-hybridized carbons (Fsp3) is 0.154. The monoisotopic (exact) mass is 199 g/mol. The maximum absolute atomic E-state index is 5.68. The SMILES string of the molecule is CC1=CCC=C(Oc2ccncc2)C=C1. The first-order valence-electron chi connectivity index (χ1n) is 4.97. The number of pyridine rings is 1. The van der Waals surface area contributed by atoms with E-state index >= 15 is 0 Å². The average Bonchev–Trinajstić information content (AvgIpc) is 2.46. The Labute approximate surface area is 89.6 Å². The summed E-state index contributed by atoms with van der Waals surface area (Å²) < 4.78 is 5.68. The molecule has 1 heterocycles. The maximum atomic E-state index is 5.68. The Morgan fingerprint density at radius 2 is 1.93 bits per heavy atom. The number of ether oxygens (including phenoxy) is 1. The molecular weight excluding hydrogens is 186 g/mol. The number of rotatable bonds is 2. The summed E-state index contributed by atoms with van der Waals surface area (Å²) >= 11 is 0. The van der Waals surface area contributed by atoms with Crippen molar-refractivity contribution in [3.63, 3.8) is 0 Å². The van der Waals surface area contributed by atoms with Gasteiger partial charge in [0.15, 0.2) is 0 Å². The van der Waals surface area contributed by atoms with Gasteiger partial charge < -0.3 is 4.74 Å². The second kappa shape index (κ2) is 4.60. The van der Waals surface area contributed by atoms with Crippen LogP contribution in [0.1, 0.15) is 13.3 Å². The summed E-state index contributed by atoms with van der Waals surface area (Å²) in [5, 5.41) is 0. The normalized spacial score (nSPS) is 15.3. The van der Waals surface area contributed by atoms with Gasteiger partial charge in [-0.25, -0.2) is 0 Å². The lowest BCUT2D eigenvalue weighted by Gasteiger charge is -2.04. The van der Waals surface area contributed by atoms with Crippen LogP contribution in [0.5, 0.6) is 5.75 Å². The molecule has 2 heteroatoms. The molecule has 1 aliphatic rings. The summed E-state index contributed by atoms with van der Waals surface area (Å²) in [7, 11) is 0. The molecule has 0 atom stereocenters. The summed E-state index contributed by atoms with van der Waals surface area (Å²) in [6.45, 7) is 2.08. The van der Waals surface area contributed by atoms with Crippen molar-refractivity contribution in [3.8, 4) is 5.75 Å². The van der Waals surface area contributed by atoms with Crippen LogP contribution in [-0.2, 0) is 0 Å². The number of allylic oxidation sites excluding steroid dienone is 5. The van der Waals surface area contributed by atoms with Crippen molar-refractivity contribution in [1.82, 2.24) is 4.98 Å². The zero-order valence-corrected chi connectivity index (χ0v) is 8.68. The average molecular weight is 199 g/mol. The highest BCUT2D eigenvalue weighted by Crippen LogP contribution is 2.16. The molecule has 0 radical (unpaired) electrons. The van der Waals surface area contributed by atoms with Gasteiger partial charge in [-0.3, -0.25) is 4.98 Å². The Balaban J connectivity index is 2.08.